The molecular formula is C32H36F5N2OPS. The molecule has 1 atom stereocenters. The van der Waals surface area contributed by atoms with Crippen molar-refractivity contribution in [2.45, 2.75) is 31.2 Å². The summed E-state index contributed by atoms with van der Waals surface area (Å²) in [4.78, 5) is 10.0. The third kappa shape index (κ3) is 13.5. The standard InChI is InChI=1S/C21H19F5N2.C10H12OS.CH5P/c1-13(27)19(12-15-4-8-18(9-5-15)21(24,25)26)28-14(2)16-6-10-17(11-7-16)20(3,22)23;11-7-4-8-12-9-10-5-2-1-3-6-10;1-2/h4-12,28H,1-2,27H2,3H3;1-3,5-7H,4,8-9H2;2H2,1H3/b19-12+;;. The molecule has 0 saturated carbocycles. The Hall–Kier alpha value is -3.42. The lowest BCUT2D eigenvalue weighted by Crippen LogP contribution is -2.16. The lowest BCUT2D eigenvalue weighted by molar-refractivity contribution is -0.137. The van der Waals surface area contributed by atoms with E-state index in [2.05, 4.69) is 39.8 Å². The van der Waals surface area contributed by atoms with Crippen LogP contribution in [0.15, 0.2) is 103 Å². The van der Waals surface area contributed by atoms with Crippen LogP contribution in [0.1, 0.15) is 41.2 Å². The van der Waals surface area contributed by atoms with Crippen molar-refractivity contribution in [1.82, 2.24) is 5.32 Å². The molecular weight excluding hydrogens is 586 g/mol. The third-order valence-electron chi connectivity index (χ3n) is 5.41. The number of alkyl halides is 5. The van der Waals surface area contributed by atoms with E-state index in [-0.39, 0.29) is 11.3 Å². The Kier molecular flexibility index (Phi) is 15.9. The molecule has 3 rings (SSSR count). The highest BCUT2D eigenvalue weighted by Crippen LogP contribution is 2.30. The molecule has 10 heteroatoms. The first-order valence-corrected chi connectivity index (χ1v) is 15.0. The Balaban J connectivity index is 0.000000524. The second-order valence-electron chi connectivity index (χ2n) is 8.77. The van der Waals surface area contributed by atoms with E-state index in [1.54, 1.807) is 11.8 Å². The van der Waals surface area contributed by atoms with E-state index in [1.165, 1.54) is 48.0 Å². The Labute approximate surface area is 251 Å². The summed E-state index contributed by atoms with van der Waals surface area (Å²) in [6.45, 7) is 10.2. The molecule has 0 amide bonds. The number of hydrogen-bond acceptors (Lipinski definition) is 4. The zero-order chi connectivity index (χ0) is 31.8. The molecule has 3 nitrogen and oxygen atoms in total. The van der Waals surface area contributed by atoms with Crippen molar-refractivity contribution in [1.29, 1.82) is 0 Å². The molecule has 3 aromatic carbocycles. The molecule has 226 valence electrons. The molecule has 0 aliphatic heterocycles. The van der Waals surface area contributed by atoms with Gasteiger partial charge in [-0.2, -0.15) is 24.9 Å². The largest absolute Gasteiger partial charge is 0.416 e. The van der Waals surface area contributed by atoms with Gasteiger partial charge in [0.15, 0.2) is 0 Å². The highest BCUT2D eigenvalue weighted by Gasteiger charge is 2.29. The fourth-order valence-electron chi connectivity index (χ4n) is 3.24. The van der Waals surface area contributed by atoms with Crippen LogP contribution in [-0.4, -0.2) is 18.7 Å². The summed E-state index contributed by atoms with van der Waals surface area (Å²) in [5.74, 6) is -1.01. The van der Waals surface area contributed by atoms with Crippen LogP contribution in [0.2, 0.25) is 0 Å². The highest BCUT2D eigenvalue weighted by molar-refractivity contribution is 7.98. The summed E-state index contributed by atoms with van der Waals surface area (Å²) in [5.41, 5.74) is 8.03. The first kappa shape index (κ1) is 36.6. The Morgan fingerprint density at radius 1 is 0.905 bits per heavy atom. The van der Waals surface area contributed by atoms with Gasteiger partial charge in [-0.15, -0.1) is 9.24 Å². The fourth-order valence-corrected chi connectivity index (χ4v) is 4.07. The van der Waals surface area contributed by atoms with E-state index >= 15 is 0 Å². The lowest BCUT2D eigenvalue weighted by Gasteiger charge is -2.15. The third-order valence-corrected chi connectivity index (χ3v) is 6.47. The first-order chi connectivity index (χ1) is 19.8. The molecule has 0 aliphatic rings. The van der Waals surface area contributed by atoms with Crippen molar-refractivity contribution >= 4 is 39.1 Å². The van der Waals surface area contributed by atoms with Crippen molar-refractivity contribution in [3.63, 3.8) is 0 Å². The molecule has 0 saturated heterocycles. The smallest absolute Gasteiger partial charge is 0.398 e. The van der Waals surface area contributed by atoms with Crippen LogP contribution in [0.5, 0.6) is 0 Å². The summed E-state index contributed by atoms with van der Waals surface area (Å²) in [6, 6.07) is 20.4. The van der Waals surface area contributed by atoms with Gasteiger partial charge in [-0.3, -0.25) is 0 Å². The van der Waals surface area contributed by atoms with Gasteiger partial charge in [0.2, 0.25) is 0 Å². The number of aldehydes is 1. The topological polar surface area (TPSA) is 55.1 Å². The Morgan fingerprint density at radius 3 is 1.93 bits per heavy atom. The number of carbonyl (C=O) groups excluding carboxylic acids is 1. The molecule has 3 N–H and O–H groups in total. The van der Waals surface area contributed by atoms with Gasteiger partial charge in [0.25, 0.3) is 5.92 Å². The van der Waals surface area contributed by atoms with E-state index in [0.29, 0.717) is 28.9 Å². The molecule has 42 heavy (non-hydrogen) atoms. The minimum absolute atomic E-state index is 0.132. The minimum Gasteiger partial charge on any atom is -0.398 e. The first-order valence-electron chi connectivity index (χ1n) is 12.7. The van der Waals surface area contributed by atoms with Crippen LogP contribution in [0.3, 0.4) is 0 Å². The molecule has 1 unspecified atom stereocenters. The van der Waals surface area contributed by atoms with Crippen molar-refractivity contribution in [3.8, 4) is 0 Å². The highest BCUT2D eigenvalue weighted by atomic mass is 32.2. The van der Waals surface area contributed by atoms with Crippen molar-refractivity contribution in [2.24, 2.45) is 5.73 Å². The van der Waals surface area contributed by atoms with E-state index in [4.69, 9.17) is 5.73 Å². The number of nitrogens with one attached hydrogen (secondary N) is 1. The number of nitrogens with two attached hydrogens (primary N) is 1. The summed E-state index contributed by atoms with van der Waals surface area (Å²) >= 11 is 1.80. The molecule has 0 aliphatic carbocycles. The monoisotopic (exact) mass is 622 g/mol. The van der Waals surface area contributed by atoms with Gasteiger partial charge in [-0.05, 0) is 34.9 Å². The maximum absolute atomic E-state index is 13.3. The average Bonchev–Trinajstić information content (AvgIpc) is 2.96. The number of thioether (sulfide) groups is 1. The quantitative estimate of drug-likeness (QED) is 0.0738. The second kappa shape index (κ2) is 18.2. The number of rotatable bonds is 11. The molecule has 0 aromatic heterocycles. The van der Waals surface area contributed by atoms with Crippen LogP contribution in [0.25, 0.3) is 11.8 Å². The van der Waals surface area contributed by atoms with Gasteiger partial charge in [0.1, 0.15) is 6.29 Å². The van der Waals surface area contributed by atoms with E-state index in [0.717, 1.165) is 36.8 Å². The second-order valence-corrected chi connectivity index (χ2v) is 9.87. The lowest BCUT2D eigenvalue weighted by atomic mass is 10.1. The molecule has 0 spiro atoms. The maximum atomic E-state index is 13.3. The molecule has 0 radical (unpaired) electrons. The van der Waals surface area contributed by atoms with Crippen molar-refractivity contribution in [3.05, 3.63) is 131 Å². The molecule has 0 fully saturated rings. The Bertz CT molecular complexity index is 1290. The number of hydrogen-bond donors (Lipinski definition) is 2. The zero-order valence-corrected chi connectivity index (χ0v) is 25.5. The molecule has 3 aromatic rings. The normalized spacial score (nSPS) is 11.3. The summed E-state index contributed by atoms with van der Waals surface area (Å²) < 4.78 is 64.6. The summed E-state index contributed by atoms with van der Waals surface area (Å²) in [7, 11) is 2.42. The SMILES string of the molecule is C=C(N)/C(=C\c1ccc(C(F)(F)F)cc1)NC(=C)c1ccc(C(C)(F)F)cc1.CP.O=CCCSCc1ccccc1. The van der Waals surface area contributed by atoms with Crippen LogP contribution in [-0.2, 0) is 22.6 Å². The fraction of sp³-hybridized carbons (Fsp3) is 0.219. The van der Waals surface area contributed by atoms with E-state index < -0.39 is 17.7 Å². The summed E-state index contributed by atoms with van der Waals surface area (Å²) in [6.07, 6.45) is -1.27. The van der Waals surface area contributed by atoms with Crippen molar-refractivity contribution in [2.75, 3.05) is 12.4 Å². The van der Waals surface area contributed by atoms with Gasteiger partial charge in [0, 0.05) is 41.8 Å². The number of carbonyl (C=O) groups is 1. The predicted molar refractivity (Wildman–Crippen MR) is 170 cm³/mol. The van der Waals surface area contributed by atoms with E-state index in [9.17, 15) is 26.7 Å². The summed E-state index contributed by atoms with van der Waals surface area (Å²) in [5, 5.41) is 2.92. The number of benzene rings is 3. The maximum Gasteiger partial charge on any atom is 0.416 e. The van der Waals surface area contributed by atoms with Gasteiger partial charge in [-0.1, -0.05) is 86.6 Å². The van der Waals surface area contributed by atoms with Gasteiger partial charge in [0.05, 0.1) is 11.3 Å². The average molecular weight is 623 g/mol. The van der Waals surface area contributed by atoms with Crippen LogP contribution in [0.4, 0.5) is 22.0 Å². The molecule has 0 heterocycles. The molecule has 0 bridgehead atoms. The number of halogens is 5. The van der Waals surface area contributed by atoms with E-state index in [1.807, 2.05) is 24.9 Å². The zero-order valence-electron chi connectivity index (χ0n) is 23.6. The van der Waals surface area contributed by atoms with Gasteiger partial charge < -0.3 is 15.8 Å². The predicted octanol–water partition coefficient (Wildman–Crippen LogP) is 8.89. The van der Waals surface area contributed by atoms with Crippen LogP contribution >= 0.6 is 21.0 Å². The van der Waals surface area contributed by atoms with Gasteiger partial charge >= 0.3 is 6.18 Å². The van der Waals surface area contributed by atoms with Gasteiger partial charge in [-0.25, -0.2) is 8.78 Å². The minimum atomic E-state index is -4.42. The van der Waals surface area contributed by atoms with Crippen LogP contribution < -0.4 is 11.1 Å². The van der Waals surface area contributed by atoms with Crippen LogP contribution in [0, 0.1) is 0 Å². The Morgan fingerprint density at radius 2 is 1.45 bits per heavy atom. The van der Waals surface area contributed by atoms with Crippen molar-refractivity contribution < 1.29 is 26.7 Å².